The van der Waals surface area contributed by atoms with Crippen molar-refractivity contribution in [3.05, 3.63) is 0 Å². The third kappa shape index (κ3) is 3.27. The summed E-state index contributed by atoms with van der Waals surface area (Å²) in [5.74, 6) is 3.05. The van der Waals surface area contributed by atoms with Crippen molar-refractivity contribution >= 4 is 17.5 Å². The van der Waals surface area contributed by atoms with Crippen LogP contribution in [0.3, 0.4) is 0 Å². The average Bonchev–Trinajstić information content (AvgIpc) is 2.39. The molecule has 21 heavy (non-hydrogen) atoms. The monoisotopic (exact) mass is 291 g/mol. The third-order valence-corrected chi connectivity index (χ3v) is 5.37. The number of hydrazone groups is 1. The highest BCUT2D eigenvalue weighted by molar-refractivity contribution is 6.00. The molecule has 0 aromatic heterocycles. The molecule has 5 nitrogen and oxygen atoms in total. The van der Waals surface area contributed by atoms with E-state index >= 15 is 0 Å². The summed E-state index contributed by atoms with van der Waals surface area (Å²) in [5.41, 5.74) is 3.02. The van der Waals surface area contributed by atoms with Gasteiger partial charge in [0.15, 0.2) is 0 Å². The molecule has 0 heterocycles. The minimum absolute atomic E-state index is 0.0408. The van der Waals surface area contributed by atoms with Crippen molar-refractivity contribution in [1.82, 2.24) is 10.7 Å². The van der Waals surface area contributed by atoms with Gasteiger partial charge in [0.25, 0.3) is 0 Å². The largest absolute Gasteiger partial charge is 0.352 e. The third-order valence-electron chi connectivity index (χ3n) is 5.37. The van der Waals surface area contributed by atoms with Gasteiger partial charge in [-0.15, -0.1) is 0 Å². The first kappa shape index (κ1) is 14.5. The summed E-state index contributed by atoms with van der Waals surface area (Å²) in [4.78, 5) is 23.0. The van der Waals surface area contributed by atoms with Gasteiger partial charge in [-0.3, -0.25) is 9.59 Å². The molecule has 0 saturated heterocycles. The SMILES string of the molecule is CC(=O)NN=C(C)CC(=O)NC1C2CC3CC(C2)CC1C3. The van der Waals surface area contributed by atoms with Crippen molar-refractivity contribution in [2.75, 3.05) is 0 Å². The van der Waals surface area contributed by atoms with Crippen molar-refractivity contribution in [3.8, 4) is 0 Å². The van der Waals surface area contributed by atoms with Gasteiger partial charge in [0.2, 0.25) is 11.8 Å². The quantitative estimate of drug-likeness (QED) is 0.613. The molecule has 0 aliphatic heterocycles. The van der Waals surface area contributed by atoms with Gasteiger partial charge in [0.1, 0.15) is 0 Å². The fraction of sp³-hybridized carbons (Fsp3) is 0.812. The Hall–Kier alpha value is -1.39. The van der Waals surface area contributed by atoms with Crippen LogP contribution < -0.4 is 10.7 Å². The summed E-state index contributed by atoms with van der Waals surface area (Å²) in [6.07, 6.45) is 6.90. The Kier molecular flexibility index (Phi) is 4.00. The van der Waals surface area contributed by atoms with Crippen LogP contribution in [0.15, 0.2) is 5.10 Å². The maximum atomic E-state index is 12.2. The lowest BCUT2D eigenvalue weighted by atomic mass is 9.54. The molecule has 0 unspecified atom stereocenters. The van der Waals surface area contributed by atoms with Gasteiger partial charge in [-0.1, -0.05) is 0 Å². The van der Waals surface area contributed by atoms with Crippen LogP contribution in [0, 0.1) is 23.7 Å². The van der Waals surface area contributed by atoms with E-state index in [2.05, 4.69) is 15.8 Å². The minimum atomic E-state index is -0.212. The van der Waals surface area contributed by atoms with E-state index < -0.39 is 0 Å². The smallest absolute Gasteiger partial charge is 0.236 e. The number of rotatable bonds is 4. The lowest BCUT2D eigenvalue weighted by Gasteiger charge is -2.54. The second kappa shape index (κ2) is 5.78. The van der Waals surface area contributed by atoms with Gasteiger partial charge in [0.05, 0.1) is 6.42 Å². The lowest BCUT2D eigenvalue weighted by Crippen LogP contribution is -2.56. The Balaban J connectivity index is 1.53. The standard InChI is InChI=1S/C16H25N3O2/c1-9(18-19-10(2)20)3-15(21)17-16-13-5-11-4-12(7-13)8-14(16)6-11/h11-14,16H,3-8H2,1-2H3,(H,17,21)(H,19,20). The number of carbonyl (C=O) groups excluding carboxylic acids is 2. The lowest BCUT2D eigenvalue weighted by molar-refractivity contribution is -0.124. The summed E-state index contributed by atoms with van der Waals surface area (Å²) in [6.45, 7) is 3.18. The van der Waals surface area contributed by atoms with Crippen molar-refractivity contribution in [2.45, 2.75) is 58.4 Å². The number of hydrogen-bond acceptors (Lipinski definition) is 3. The van der Waals surface area contributed by atoms with Gasteiger partial charge in [-0.25, -0.2) is 5.43 Å². The van der Waals surface area contributed by atoms with Gasteiger partial charge < -0.3 is 5.32 Å². The number of amides is 2. The van der Waals surface area contributed by atoms with E-state index in [9.17, 15) is 9.59 Å². The van der Waals surface area contributed by atoms with Crippen LogP contribution >= 0.6 is 0 Å². The molecule has 0 atom stereocenters. The molecular formula is C16H25N3O2. The highest BCUT2D eigenvalue weighted by Gasteiger charge is 2.48. The molecule has 4 aliphatic rings. The maximum Gasteiger partial charge on any atom is 0.236 e. The van der Waals surface area contributed by atoms with Crippen LogP contribution in [0.1, 0.15) is 52.4 Å². The molecule has 4 aliphatic carbocycles. The Morgan fingerprint density at radius 3 is 2.10 bits per heavy atom. The first-order valence-electron chi connectivity index (χ1n) is 8.10. The Bertz CT molecular complexity index is 444. The van der Waals surface area contributed by atoms with Crippen LogP contribution in [0.2, 0.25) is 0 Å². The molecule has 0 aromatic carbocycles. The second-order valence-electron chi connectivity index (χ2n) is 7.22. The Labute approximate surface area is 125 Å². The Morgan fingerprint density at radius 1 is 1.00 bits per heavy atom. The number of hydrogen-bond donors (Lipinski definition) is 2. The molecule has 0 spiro atoms. The second-order valence-corrected chi connectivity index (χ2v) is 7.22. The topological polar surface area (TPSA) is 70.6 Å². The molecule has 5 heteroatoms. The highest BCUT2D eigenvalue weighted by Crippen LogP contribution is 2.53. The zero-order valence-corrected chi connectivity index (χ0v) is 12.9. The van der Waals surface area contributed by atoms with E-state index in [4.69, 9.17) is 0 Å². The normalized spacial score (nSPS) is 37.4. The van der Waals surface area contributed by atoms with E-state index in [0.717, 1.165) is 11.8 Å². The summed E-state index contributed by atoms with van der Waals surface area (Å²) in [7, 11) is 0. The summed E-state index contributed by atoms with van der Waals surface area (Å²) in [6, 6.07) is 0.374. The molecule has 4 rings (SSSR count). The van der Waals surface area contributed by atoms with Gasteiger partial charge >= 0.3 is 0 Å². The van der Waals surface area contributed by atoms with E-state index in [1.54, 1.807) is 6.92 Å². The van der Waals surface area contributed by atoms with Crippen LogP contribution in [0.4, 0.5) is 0 Å². The zero-order valence-electron chi connectivity index (χ0n) is 12.9. The van der Waals surface area contributed by atoms with Crippen molar-refractivity contribution in [3.63, 3.8) is 0 Å². The molecule has 4 fully saturated rings. The van der Waals surface area contributed by atoms with E-state index in [1.165, 1.54) is 39.0 Å². The first-order valence-corrected chi connectivity index (χ1v) is 8.10. The Morgan fingerprint density at radius 2 is 1.57 bits per heavy atom. The van der Waals surface area contributed by atoms with Crippen molar-refractivity contribution in [1.29, 1.82) is 0 Å². The van der Waals surface area contributed by atoms with E-state index in [0.29, 0.717) is 23.6 Å². The molecule has 0 aromatic rings. The van der Waals surface area contributed by atoms with Crippen LogP contribution in [-0.2, 0) is 9.59 Å². The summed E-state index contributed by atoms with van der Waals surface area (Å²) in [5, 5.41) is 7.15. The first-order chi connectivity index (χ1) is 10.0. The van der Waals surface area contributed by atoms with Gasteiger partial charge in [0, 0.05) is 18.7 Å². The molecular weight excluding hydrogens is 266 g/mol. The van der Waals surface area contributed by atoms with E-state index in [-0.39, 0.29) is 18.2 Å². The number of nitrogens with one attached hydrogen (secondary N) is 2. The summed E-state index contributed by atoms with van der Waals surface area (Å²) < 4.78 is 0. The van der Waals surface area contributed by atoms with Gasteiger partial charge in [-0.2, -0.15) is 5.10 Å². The van der Waals surface area contributed by atoms with Crippen LogP contribution in [0.5, 0.6) is 0 Å². The van der Waals surface area contributed by atoms with Crippen molar-refractivity contribution in [2.24, 2.45) is 28.8 Å². The molecule has 2 N–H and O–H groups in total. The maximum absolute atomic E-state index is 12.2. The van der Waals surface area contributed by atoms with E-state index in [1.807, 2.05) is 0 Å². The van der Waals surface area contributed by atoms with Gasteiger partial charge in [-0.05, 0) is 62.7 Å². The van der Waals surface area contributed by atoms with Crippen LogP contribution in [0.25, 0.3) is 0 Å². The molecule has 4 saturated carbocycles. The predicted molar refractivity (Wildman–Crippen MR) is 80.5 cm³/mol. The minimum Gasteiger partial charge on any atom is -0.352 e. The van der Waals surface area contributed by atoms with Crippen LogP contribution in [-0.4, -0.2) is 23.6 Å². The molecule has 2 amide bonds. The molecule has 116 valence electrons. The fourth-order valence-electron chi connectivity index (χ4n) is 4.84. The predicted octanol–water partition coefficient (Wildman–Crippen LogP) is 1.83. The average molecular weight is 291 g/mol. The number of carbonyl (C=O) groups is 2. The number of nitrogens with zero attached hydrogens (tertiary/aromatic N) is 1. The van der Waals surface area contributed by atoms with Crippen molar-refractivity contribution < 1.29 is 9.59 Å². The summed E-state index contributed by atoms with van der Waals surface area (Å²) >= 11 is 0. The zero-order chi connectivity index (χ0) is 15.0. The highest BCUT2D eigenvalue weighted by atomic mass is 16.2. The molecule has 0 radical (unpaired) electrons. The fourth-order valence-corrected chi connectivity index (χ4v) is 4.84. The molecule has 4 bridgehead atoms.